The molecular formula is C7H11F2NO2. The van der Waals surface area contributed by atoms with Gasteiger partial charge in [0.2, 0.25) is 0 Å². The number of rotatable bonds is 5. The highest BCUT2D eigenvalue weighted by Gasteiger charge is 2.00. The minimum atomic E-state index is -2.40. The van der Waals surface area contributed by atoms with Crippen LogP contribution in [0.3, 0.4) is 0 Å². The van der Waals surface area contributed by atoms with Gasteiger partial charge in [0.15, 0.2) is 0 Å². The Morgan fingerprint density at radius 3 is 2.67 bits per heavy atom. The first kappa shape index (κ1) is 11.0. The fourth-order valence-corrected chi connectivity index (χ4v) is 0.640. The van der Waals surface area contributed by atoms with E-state index in [0.29, 0.717) is 5.57 Å². The maximum absolute atomic E-state index is 11.5. The van der Waals surface area contributed by atoms with Crippen LogP contribution in [0.25, 0.3) is 0 Å². The first-order chi connectivity index (χ1) is 5.52. The van der Waals surface area contributed by atoms with Crippen LogP contribution in [-0.2, 0) is 4.79 Å². The van der Waals surface area contributed by atoms with E-state index in [-0.39, 0.29) is 6.54 Å². The molecule has 0 atom stereocenters. The number of nitrogens with one attached hydrogen (secondary N) is 1. The molecule has 0 heterocycles. The molecule has 0 aliphatic rings. The number of carboxylic acids is 1. The van der Waals surface area contributed by atoms with E-state index in [1.165, 1.54) is 0 Å². The van der Waals surface area contributed by atoms with E-state index in [1.54, 1.807) is 6.92 Å². The van der Waals surface area contributed by atoms with Gasteiger partial charge in [0.25, 0.3) is 6.43 Å². The van der Waals surface area contributed by atoms with Crippen LogP contribution in [0.5, 0.6) is 0 Å². The van der Waals surface area contributed by atoms with Crippen LogP contribution in [0.4, 0.5) is 8.78 Å². The third-order valence-corrected chi connectivity index (χ3v) is 1.07. The molecule has 0 fully saturated rings. The number of carbonyl (C=O) groups is 1. The minimum Gasteiger partial charge on any atom is -0.478 e. The zero-order valence-corrected chi connectivity index (χ0v) is 6.68. The molecule has 0 radical (unpaired) electrons. The first-order valence-electron chi connectivity index (χ1n) is 3.41. The average molecular weight is 179 g/mol. The number of alkyl halides is 2. The molecule has 0 spiro atoms. The Bertz CT molecular complexity index is 180. The lowest BCUT2D eigenvalue weighted by molar-refractivity contribution is -0.131. The molecule has 0 aromatic rings. The Morgan fingerprint density at radius 2 is 2.25 bits per heavy atom. The van der Waals surface area contributed by atoms with Gasteiger partial charge in [0.1, 0.15) is 0 Å². The summed E-state index contributed by atoms with van der Waals surface area (Å²) in [5.41, 5.74) is 0.517. The number of carboxylic acid groups (broad SMARTS) is 1. The van der Waals surface area contributed by atoms with Crippen LogP contribution >= 0.6 is 0 Å². The van der Waals surface area contributed by atoms with E-state index in [2.05, 4.69) is 5.32 Å². The van der Waals surface area contributed by atoms with Gasteiger partial charge in [-0.15, -0.1) is 0 Å². The first-order valence-corrected chi connectivity index (χ1v) is 3.41. The number of hydrogen-bond donors (Lipinski definition) is 2. The van der Waals surface area contributed by atoms with Gasteiger partial charge in [-0.25, -0.2) is 13.6 Å². The van der Waals surface area contributed by atoms with Crippen LogP contribution in [0, 0.1) is 0 Å². The predicted octanol–water partition coefficient (Wildman–Crippen LogP) is 0.872. The topological polar surface area (TPSA) is 49.3 Å². The van der Waals surface area contributed by atoms with E-state index < -0.39 is 18.9 Å². The van der Waals surface area contributed by atoms with Crippen molar-refractivity contribution >= 4 is 5.97 Å². The molecule has 3 nitrogen and oxygen atoms in total. The van der Waals surface area contributed by atoms with Crippen molar-refractivity contribution in [2.75, 3.05) is 13.1 Å². The van der Waals surface area contributed by atoms with Crippen molar-refractivity contribution < 1.29 is 18.7 Å². The van der Waals surface area contributed by atoms with Crippen molar-refractivity contribution in [3.63, 3.8) is 0 Å². The number of aliphatic carboxylic acids is 1. The van der Waals surface area contributed by atoms with Gasteiger partial charge in [-0.05, 0) is 6.92 Å². The molecule has 0 aliphatic carbocycles. The van der Waals surface area contributed by atoms with Gasteiger partial charge in [0, 0.05) is 12.6 Å². The summed E-state index contributed by atoms with van der Waals surface area (Å²) in [4.78, 5) is 10.1. The molecule has 0 rings (SSSR count). The Hall–Kier alpha value is -0.970. The van der Waals surface area contributed by atoms with Crippen LogP contribution in [0.1, 0.15) is 6.92 Å². The summed E-state index contributed by atoms with van der Waals surface area (Å²) in [5, 5.41) is 10.6. The van der Waals surface area contributed by atoms with Crippen LogP contribution < -0.4 is 5.32 Å². The summed E-state index contributed by atoms with van der Waals surface area (Å²) in [7, 11) is 0. The Balaban J connectivity index is 3.57. The van der Waals surface area contributed by atoms with E-state index in [4.69, 9.17) is 5.11 Å². The van der Waals surface area contributed by atoms with Crippen molar-refractivity contribution in [2.24, 2.45) is 0 Å². The maximum atomic E-state index is 11.5. The zero-order chi connectivity index (χ0) is 9.56. The summed E-state index contributed by atoms with van der Waals surface area (Å²) >= 11 is 0. The van der Waals surface area contributed by atoms with Gasteiger partial charge in [0.05, 0.1) is 6.54 Å². The number of halogens is 2. The van der Waals surface area contributed by atoms with Gasteiger partial charge < -0.3 is 10.4 Å². The zero-order valence-electron chi connectivity index (χ0n) is 6.68. The van der Waals surface area contributed by atoms with E-state index in [0.717, 1.165) is 6.08 Å². The quantitative estimate of drug-likeness (QED) is 0.616. The van der Waals surface area contributed by atoms with Crippen molar-refractivity contribution in [3.8, 4) is 0 Å². The maximum Gasteiger partial charge on any atom is 0.328 e. The number of hydrogen-bond acceptors (Lipinski definition) is 2. The fourth-order valence-electron chi connectivity index (χ4n) is 0.640. The molecule has 0 saturated carbocycles. The third kappa shape index (κ3) is 7.14. The molecule has 70 valence electrons. The Labute approximate surface area is 69.1 Å². The summed E-state index contributed by atoms with van der Waals surface area (Å²) in [6.45, 7) is 1.33. The van der Waals surface area contributed by atoms with Crippen molar-refractivity contribution in [1.29, 1.82) is 0 Å². The second-order valence-corrected chi connectivity index (χ2v) is 2.35. The van der Waals surface area contributed by atoms with Gasteiger partial charge in [-0.1, -0.05) is 5.57 Å². The highest BCUT2D eigenvalue weighted by Crippen LogP contribution is 1.91. The third-order valence-electron chi connectivity index (χ3n) is 1.07. The second kappa shape index (κ2) is 5.65. The largest absolute Gasteiger partial charge is 0.478 e. The van der Waals surface area contributed by atoms with Crippen molar-refractivity contribution in [3.05, 3.63) is 11.6 Å². The highest BCUT2D eigenvalue weighted by molar-refractivity contribution is 5.80. The molecule has 0 aromatic heterocycles. The molecule has 0 saturated heterocycles. The van der Waals surface area contributed by atoms with Crippen LogP contribution in [-0.4, -0.2) is 30.6 Å². The summed E-state index contributed by atoms with van der Waals surface area (Å²) in [6.07, 6.45) is -1.42. The van der Waals surface area contributed by atoms with E-state index in [9.17, 15) is 13.6 Å². The van der Waals surface area contributed by atoms with Crippen molar-refractivity contribution in [1.82, 2.24) is 5.32 Å². The van der Waals surface area contributed by atoms with Gasteiger partial charge in [-0.3, -0.25) is 0 Å². The molecular weight excluding hydrogens is 168 g/mol. The molecule has 2 N–H and O–H groups in total. The molecule has 5 heteroatoms. The lowest BCUT2D eigenvalue weighted by Crippen LogP contribution is -2.23. The normalized spacial score (nSPS) is 12.2. The summed E-state index contributed by atoms with van der Waals surface area (Å²) < 4.78 is 23.1. The smallest absolute Gasteiger partial charge is 0.328 e. The molecule has 0 aromatic carbocycles. The predicted molar refractivity (Wildman–Crippen MR) is 40.3 cm³/mol. The fraction of sp³-hybridized carbons (Fsp3) is 0.571. The van der Waals surface area contributed by atoms with Crippen molar-refractivity contribution in [2.45, 2.75) is 13.3 Å². The Kier molecular flexibility index (Phi) is 5.19. The lowest BCUT2D eigenvalue weighted by Gasteiger charge is -2.02. The Morgan fingerprint density at radius 1 is 1.67 bits per heavy atom. The lowest BCUT2D eigenvalue weighted by atomic mass is 10.3. The monoisotopic (exact) mass is 179 g/mol. The average Bonchev–Trinajstić information content (AvgIpc) is 1.84. The standard InChI is InChI=1S/C7H11F2NO2/c1-5(2-7(11)12)3-10-4-6(8)9/h2,6,10H,3-4H2,1H3,(H,11,12). The van der Waals surface area contributed by atoms with Crippen LogP contribution in [0.2, 0.25) is 0 Å². The van der Waals surface area contributed by atoms with Crippen LogP contribution in [0.15, 0.2) is 11.6 Å². The molecule has 12 heavy (non-hydrogen) atoms. The molecule has 0 unspecified atom stereocenters. The molecule has 0 aliphatic heterocycles. The van der Waals surface area contributed by atoms with E-state index >= 15 is 0 Å². The van der Waals surface area contributed by atoms with Gasteiger partial charge >= 0.3 is 5.97 Å². The van der Waals surface area contributed by atoms with E-state index in [1.807, 2.05) is 0 Å². The second-order valence-electron chi connectivity index (χ2n) is 2.35. The summed E-state index contributed by atoms with van der Waals surface area (Å²) in [6, 6.07) is 0. The minimum absolute atomic E-state index is 0.177. The molecule has 0 amide bonds. The highest BCUT2D eigenvalue weighted by atomic mass is 19.3. The summed E-state index contributed by atoms with van der Waals surface area (Å²) in [5.74, 6) is -1.06. The SMILES string of the molecule is CC(=CC(=O)O)CNCC(F)F. The van der Waals surface area contributed by atoms with Gasteiger partial charge in [-0.2, -0.15) is 0 Å². The molecule has 0 bridgehead atoms.